The number of ether oxygens (including phenoxy) is 1. The van der Waals surface area contributed by atoms with E-state index in [9.17, 15) is 14.7 Å². The number of hydrogen-bond donors (Lipinski definition) is 2. The second-order valence-electron chi connectivity index (χ2n) is 6.68. The lowest BCUT2D eigenvalue weighted by atomic mass is 10.0. The fourth-order valence-electron chi connectivity index (χ4n) is 3.61. The molecule has 2 N–H and O–H groups in total. The molecule has 1 aromatic heterocycles. The zero-order valence-electron chi connectivity index (χ0n) is 15.3. The van der Waals surface area contributed by atoms with Crippen molar-refractivity contribution in [2.75, 3.05) is 7.11 Å². The van der Waals surface area contributed by atoms with Gasteiger partial charge in [0.05, 0.1) is 25.8 Å². The van der Waals surface area contributed by atoms with Gasteiger partial charge in [0.15, 0.2) is 0 Å². The number of fused-ring (bicyclic) bond motifs is 1. The molecule has 0 saturated carbocycles. The number of benzene rings is 2. The van der Waals surface area contributed by atoms with Crippen LogP contribution in [0.1, 0.15) is 33.9 Å². The van der Waals surface area contributed by atoms with Gasteiger partial charge in [-0.2, -0.15) is 5.10 Å². The van der Waals surface area contributed by atoms with Gasteiger partial charge in [0.1, 0.15) is 5.75 Å². The van der Waals surface area contributed by atoms with Crippen molar-refractivity contribution < 1.29 is 19.4 Å². The van der Waals surface area contributed by atoms with Crippen molar-refractivity contribution in [2.24, 2.45) is 0 Å². The van der Waals surface area contributed by atoms with E-state index in [1.807, 2.05) is 18.2 Å². The minimum absolute atomic E-state index is 0.164. The number of carboxylic acids is 1. The first kappa shape index (κ1) is 17.8. The number of nitrogens with one attached hydrogen (secondary N) is 1. The monoisotopic (exact) mass is 377 g/mol. The summed E-state index contributed by atoms with van der Waals surface area (Å²) in [6, 6.07) is 12.2. The first-order chi connectivity index (χ1) is 13.6. The second kappa shape index (κ2) is 7.19. The van der Waals surface area contributed by atoms with Crippen LogP contribution in [0.25, 0.3) is 11.1 Å². The number of H-pyrrole nitrogens is 1. The summed E-state index contributed by atoms with van der Waals surface area (Å²) in [4.78, 5) is 26.1. The Morgan fingerprint density at radius 1 is 1.29 bits per heavy atom. The number of carbonyl (C=O) groups is 2. The van der Waals surface area contributed by atoms with E-state index in [1.165, 1.54) is 0 Å². The summed E-state index contributed by atoms with van der Waals surface area (Å²) >= 11 is 0. The number of hydrogen-bond acceptors (Lipinski definition) is 4. The van der Waals surface area contributed by atoms with Gasteiger partial charge in [0.25, 0.3) is 5.91 Å². The van der Waals surface area contributed by atoms with Gasteiger partial charge in [-0.3, -0.25) is 14.7 Å². The SMILES string of the molecule is COc1cccc(C(CC(=O)O)N2Cc3cc(-c4cn[nH]c4)ccc3C2=O)c1. The molecule has 7 heteroatoms. The predicted molar refractivity (Wildman–Crippen MR) is 102 cm³/mol. The number of aliphatic carboxylic acids is 1. The van der Waals surface area contributed by atoms with E-state index in [-0.39, 0.29) is 12.3 Å². The van der Waals surface area contributed by atoms with Crippen LogP contribution < -0.4 is 4.74 Å². The summed E-state index contributed by atoms with van der Waals surface area (Å²) in [5, 5.41) is 16.2. The van der Waals surface area contributed by atoms with Crippen molar-refractivity contribution >= 4 is 11.9 Å². The van der Waals surface area contributed by atoms with Crippen LogP contribution in [0.5, 0.6) is 5.75 Å². The van der Waals surface area contributed by atoms with E-state index in [1.54, 1.807) is 48.7 Å². The standard InChI is InChI=1S/C21H19N3O4/c1-28-17-4-2-3-14(8-17)19(9-20(25)26)24-12-15-7-13(16-10-22-23-11-16)5-6-18(15)21(24)27/h2-8,10-11,19H,9,12H2,1H3,(H,22,23)(H,25,26). The zero-order valence-corrected chi connectivity index (χ0v) is 15.3. The fourth-order valence-corrected chi connectivity index (χ4v) is 3.61. The van der Waals surface area contributed by atoms with Gasteiger partial charge in [0, 0.05) is 23.9 Å². The van der Waals surface area contributed by atoms with Gasteiger partial charge < -0.3 is 14.7 Å². The van der Waals surface area contributed by atoms with Gasteiger partial charge in [-0.1, -0.05) is 18.2 Å². The van der Waals surface area contributed by atoms with Crippen LogP contribution in [0, 0.1) is 0 Å². The number of aromatic nitrogens is 2. The van der Waals surface area contributed by atoms with Crippen LogP contribution in [0.3, 0.4) is 0 Å². The molecule has 1 aliphatic heterocycles. The molecule has 1 aliphatic rings. The van der Waals surface area contributed by atoms with Crippen LogP contribution in [0.15, 0.2) is 54.9 Å². The second-order valence-corrected chi connectivity index (χ2v) is 6.68. The third kappa shape index (κ3) is 3.22. The minimum atomic E-state index is -0.962. The Morgan fingerprint density at radius 2 is 2.14 bits per heavy atom. The first-order valence-corrected chi connectivity index (χ1v) is 8.85. The van der Waals surface area contributed by atoms with E-state index < -0.39 is 12.0 Å². The highest BCUT2D eigenvalue weighted by Crippen LogP contribution is 2.36. The zero-order chi connectivity index (χ0) is 19.7. The van der Waals surface area contributed by atoms with Gasteiger partial charge >= 0.3 is 5.97 Å². The Hall–Kier alpha value is -3.61. The van der Waals surface area contributed by atoms with Crippen LogP contribution in [0.4, 0.5) is 0 Å². The molecule has 28 heavy (non-hydrogen) atoms. The average molecular weight is 377 g/mol. The smallest absolute Gasteiger partial charge is 0.305 e. The fraction of sp³-hybridized carbons (Fsp3) is 0.190. The molecule has 4 rings (SSSR count). The maximum absolute atomic E-state index is 13.0. The molecular weight excluding hydrogens is 358 g/mol. The molecule has 0 saturated heterocycles. The molecule has 0 fully saturated rings. The molecule has 142 valence electrons. The number of aromatic amines is 1. The average Bonchev–Trinajstić information content (AvgIpc) is 3.34. The molecule has 0 aliphatic carbocycles. The third-order valence-electron chi connectivity index (χ3n) is 4.99. The van der Waals surface area contributed by atoms with E-state index in [0.717, 1.165) is 22.3 Å². The van der Waals surface area contributed by atoms with Crippen molar-refractivity contribution in [3.8, 4) is 16.9 Å². The lowest BCUT2D eigenvalue weighted by molar-refractivity contribution is -0.138. The maximum Gasteiger partial charge on any atom is 0.305 e. The number of carbonyl (C=O) groups excluding carboxylic acids is 1. The van der Waals surface area contributed by atoms with Gasteiger partial charge in [-0.15, -0.1) is 0 Å². The van der Waals surface area contributed by atoms with Crippen molar-refractivity contribution in [3.05, 3.63) is 71.5 Å². The molecule has 2 heterocycles. The quantitative estimate of drug-likeness (QED) is 0.687. The van der Waals surface area contributed by atoms with E-state index in [4.69, 9.17) is 4.74 Å². The Kier molecular flexibility index (Phi) is 4.57. The third-order valence-corrected chi connectivity index (χ3v) is 4.99. The molecule has 0 spiro atoms. The van der Waals surface area contributed by atoms with Crippen LogP contribution in [-0.4, -0.2) is 39.2 Å². The summed E-state index contributed by atoms with van der Waals surface area (Å²) in [6.07, 6.45) is 3.33. The Balaban J connectivity index is 1.69. The van der Waals surface area contributed by atoms with Crippen molar-refractivity contribution in [1.82, 2.24) is 15.1 Å². The van der Waals surface area contributed by atoms with Gasteiger partial charge in [0.2, 0.25) is 0 Å². The van der Waals surface area contributed by atoms with Gasteiger partial charge in [-0.25, -0.2) is 0 Å². The minimum Gasteiger partial charge on any atom is -0.497 e. The summed E-state index contributed by atoms with van der Waals surface area (Å²) in [5.41, 5.74) is 4.10. The highest BCUT2D eigenvalue weighted by Gasteiger charge is 2.35. The van der Waals surface area contributed by atoms with E-state index >= 15 is 0 Å². The van der Waals surface area contributed by atoms with Crippen molar-refractivity contribution in [1.29, 1.82) is 0 Å². The van der Waals surface area contributed by atoms with Crippen LogP contribution in [0.2, 0.25) is 0 Å². The largest absolute Gasteiger partial charge is 0.497 e. The van der Waals surface area contributed by atoms with Crippen LogP contribution in [-0.2, 0) is 11.3 Å². The van der Waals surface area contributed by atoms with E-state index in [0.29, 0.717) is 17.9 Å². The van der Waals surface area contributed by atoms with E-state index in [2.05, 4.69) is 10.2 Å². The molecule has 3 aromatic rings. The normalized spacial score (nSPS) is 14.0. The number of nitrogens with zero attached hydrogens (tertiary/aromatic N) is 2. The number of rotatable bonds is 6. The summed E-state index contributed by atoms with van der Waals surface area (Å²) in [5.74, 6) is -0.502. The number of carboxylic acid groups (broad SMARTS) is 1. The number of amides is 1. The maximum atomic E-state index is 13.0. The summed E-state index contributed by atoms with van der Waals surface area (Å²) in [6.45, 7) is 0.356. The topological polar surface area (TPSA) is 95.5 Å². The van der Waals surface area contributed by atoms with Crippen LogP contribution >= 0.6 is 0 Å². The molecular formula is C21H19N3O4. The van der Waals surface area contributed by atoms with Crippen molar-refractivity contribution in [2.45, 2.75) is 19.0 Å². The predicted octanol–water partition coefficient (Wildman–Crippen LogP) is 3.26. The molecule has 1 atom stereocenters. The molecule has 2 aromatic carbocycles. The first-order valence-electron chi connectivity index (χ1n) is 8.85. The lowest BCUT2D eigenvalue weighted by Crippen LogP contribution is -2.30. The van der Waals surface area contributed by atoms with Gasteiger partial charge in [-0.05, 0) is 41.0 Å². The summed E-state index contributed by atoms with van der Waals surface area (Å²) in [7, 11) is 1.56. The Labute approximate surface area is 161 Å². The highest BCUT2D eigenvalue weighted by molar-refractivity contribution is 5.99. The molecule has 0 bridgehead atoms. The molecule has 1 amide bonds. The molecule has 7 nitrogen and oxygen atoms in total. The Bertz CT molecular complexity index is 1030. The number of methoxy groups -OCH3 is 1. The van der Waals surface area contributed by atoms with Crippen molar-refractivity contribution in [3.63, 3.8) is 0 Å². The molecule has 1 unspecified atom stereocenters. The lowest BCUT2D eigenvalue weighted by Gasteiger charge is -2.27. The summed E-state index contributed by atoms with van der Waals surface area (Å²) < 4.78 is 5.26. The highest BCUT2D eigenvalue weighted by atomic mass is 16.5. The molecule has 0 radical (unpaired) electrons. The Morgan fingerprint density at radius 3 is 2.86 bits per heavy atom.